The van der Waals surface area contributed by atoms with E-state index < -0.39 is 0 Å². The summed E-state index contributed by atoms with van der Waals surface area (Å²) in [6.07, 6.45) is 0.331. The van der Waals surface area contributed by atoms with Gasteiger partial charge in [-0.2, -0.15) is 0 Å². The molecule has 1 unspecified atom stereocenters. The van der Waals surface area contributed by atoms with E-state index in [1.54, 1.807) is 6.92 Å². The minimum absolute atomic E-state index is 0.0465. The molecular formula is C13H21NO2. The monoisotopic (exact) mass is 223 g/mol. The summed E-state index contributed by atoms with van der Waals surface area (Å²) in [5, 5.41) is 9.12. The molecule has 0 bridgehead atoms. The largest absolute Gasteiger partial charge is 0.493 e. The van der Waals surface area contributed by atoms with Gasteiger partial charge in [-0.25, -0.2) is 0 Å². The van der Waals surface area contributed by atoms with Crippen LogP contribution in [0.15, 0.2) is 18.2 Å². The lowest BCUT2D eigenvalue weighted by Crippen LogP contribution is -2.09. The van der Waals surface area contributed by atoms with Crippen LogP contribution in [-0.4, -0.2) is 17.8 Å². The molecule has 90 valence electrons. The highest BCUT2D eigenvalue weighted by Crippen LogP contribution is 2.22. The van der Waals surface area contributed by atoms with Crippen LogP contribution in [0.5, 0.6) is 5.75 Å². The van der Waals surface area contributed by atoms with E-state index in [-0.39, 0.29) is 12.1 Å². The number of rotatable bonds is 5. The fourth-order valence-corrected chi connectivity index (χ4v) is 1.46. The van der Waals surface area contributed by atoms with Crippen LogP contribution in [0.2, 0.25) is 0 Å². The Morgan fingerprint density at radius 1 is 1.38 bits per heavy atom. The van der Waals surface area contributed by atoms with Crippen molar-refractivity contribution in [2.24, 2.45) is 5.73 Å². The minimum Gasteiger partial charge on any atom is -0.493 e. The Labute approximate surface area is 97.2 Å². The van der Waals surface area contributed by atoms with Gasteiger partial charge in [-0.15, -0.1) is 0 Å². The summed E-state index contributed by atoms with van der Waals surface area (Å²) < 4.78 is 5.58. The van der Waals surface area contributed by atoms with Crippen molar-refractivity contribution in [1.29, 1.82) is 0 Å². The second-order valence-electron chi connectivity index (χ2n) is 4.30. The zero-order valence-corrected chi connectivity index (χ0v) is 10.2. The molecule has 0 saturated carbocycles. The van der Waals surface area contributed by atoms with Crippen molar-refractivity contribution in [3.63, 3.8) is 0 Å². The van der Waals surface area contributed by atoms with Gasteiger partial charge in [-0.1, -0.05) is 12.1 Å². The van der Waals surface area contributed by atoms with Crippen molar-refractivity contribution in [2.45, 2.75) is 39.3 Å². The van der Waals surface area contributed by atoms with Gasteiger partial charge >= 0.3 is 0 Å². The zero-order chi connectivity index (χ0) is 12.1. The van der Waals surface area contributed by atoms with Crippen LogP contribution in [0.3, 0.4) is 0 Å². The zero-order valence-electron chi connectivity index (χ0n) is 10.2. The van der Waals surface area contributed by atoms with Crippen LogP contribution in [0.4, 0.5) is 0 Å². The molecule has 1 rings (SSSR count). The van der Waals surface area contributed by atoms with E-state index in [0.29, 0.717) is 13.0 Å². The molecule has 0 aliphatic rings. The summed E-state index contributed by atoms with van der Waals surface area (Å²) in [5.74, 6) is 0.866. The SMILES string of the molecule is Cc1cc([C@H](C)N)ccc1OCCC(C)O. The average molecular weight is 223 g/mol. The number of aliphatic hydroxyl groups excluding tert-OH is 1. The van der Waals surface area contributed by atoms with Crippen molar-refractivity contribution in [3.05, 3.63) is 29.3 Å². The summed E-state index contributed by atoms with van der Waals surface area (Å²) in [6, 6.07) is 6.01. The second kappa shape index (κ2) is 5.87. The number of aryl methyl sites for hydroxylation is 1. The molecule has 3 nitrogen and oxygen atoms in total. The lowest BCUT2D eigenvalue weighted by molar-refractivity contribution is 0.155. The number of ether oxygens (including phenoxy) is 1. The Bertz CT molecular complexity index is 335. The van der Waals surface area contributed by atoms with E-state index in [4.69, 9.17) is 15.6 Å². The molecule has 3 heteroatoms. The van der Waals surface area contributed by atoms with Gasteiger partial charge in [-0.3, -0.25) is 0 Å². The first-order chi connectivity index (χ1) is 7.50. The highest BCUT2D eigenvalue weighted by Gasteiger charge is 2.04. The third-order valence-electron chi connectivity index (χ3n) is 2.52. The van der Waals surface area contributed by atoms with Crippen LogP contribution in [-0.2, 0) is 0 Å². The van der Waals surface area contributed by atoms with E-state index >= 15 is 0 Å². The van der Waals surface area contributed by atoms with Crippen LogP contribution >= 0.6 is 0 Å². The molecule has 1 aromatic carbocycles. The van der Waals surface area contributed by atoms with Crippen LogP contribution in [0.25, 0.3) is 0 Å². The Balaban J connectivity index is 2.61. The maximum atomic E-state index is 9.12. The first-order valence-corrected chi connectivity index (χ1v) is 5.67. The van der Waals surface area contributed by atoms with Crippen molar-refractivity contribution in [3.8, 4) is 5.75 Å². The minimum atomic E-state index is -0.316. The maximum absolute atomic E-state index is 9.12. The number of hydrogen-bond donors (Lipinski definition) is 2. The molecule has 0 aliphatic heterocycles. The van der Waals surface area contributed by atoms with Gasteiger partial charge in [0, 0.05) is 12.5 Å². The van der Waals surface area contributed by atoms with Crippen molar-refractivity contribution < 1.29 is 9.84 Å². The molecule has 0 heterocycles. The average Bonchev–Trinajstić information content (AvgIpc) is 2.19. The molecule has 3 N–H and O–H groups in total. The number of benzene rings is 1. The third kappa shape index (κ3) is 3.83. The van der Waals surface area contributed by atoms with Gasteiger partial charge in [0.2, 0.25) is 0 Å². The van der Waals surface area contributed by atoms with Gasteiger partial charge in [0.05, 0.1) is 12.7 Å². The third-order valence-corrected chi connectivity index (χ3v) is 2.52. The summed E-state index contributed by atoms with van der Waals surface area (Å²) in [4.78, 5) is 0. The molecular weight excluding hydrogens is 202 g/mol. The maximum Gasteiger partial charge on any atom is 0.122 e. The first-order valence-electron chi connectivity index (χ1n) is 5.67. The molecule has 0 fully saturated rings. The molecule has 0 aliphatic carbocycles. The lowest BCUT2D eigenvalue weighted by atomic mass is 10.1. The quantitative estimate of drug-likeness (QED) is 0.804. The molecule has 0 amide bonds. The Hall–Kier alpha value is -1.06. The molecule has 0 radical (unpaired) electrons. The highest BCUT2D eigenvalue weighted by atomic mass is 16.5. The van der Waals surface area contributed by atoms with Gasteiger partial charge in [-0.05, 0) is 38.0 Å². The Morgan fingerprint density at radius 3 is 2.56 bits per heavy atom. The molecule has 0 saturated heterocycles. The fourth-order valence-electron chi connectivity index (χ4n) is 1.46. The standard InChI is InChI=1S/C13H21NO2/c1-9-8-12(11(3)14)4-5-13(9)16-7-6-10(2)15/h4-5,8,10-11,15H,6-7,14H2,1-3H3/t10?,11-/m0/s1. The van der Waals surface area contributed by atoms with E-state index in [1.165, 1.54) is 0 Å². The van der Waals surface area contributed by atoms with Crippen LogP contribution < -0.4 is 10.5 Å². The Morgan fingerprint density at radius 2 is 2.06 bits per heavy atom. The van der Waals surface area contributed by atoms with Crippen molar-refractivity contribution >= 4 is 0 Å². The van der Waals surface area contributed by atoms with Crippen LogP contribution in [0.1, 0.15) is 37.4 Å². The van der Waals surface area contributed by atoms with Gasteiger partial charge < -0.3 is 15.6 Å². The summed E-state index contributed by atoms with van der Waals surface area (Å²) in [5.41, 5.74) is 7.99. The van der Waals surface area contributed by atoms with E-state index in [2.05, 4.69) is 0 Å². The van der Waals surface area contributed by atoms with Crippen molar-refractivity contribution in [2.75, 3.05) is 6.61 Å². The first kappa shape index (κ1) is 13.0. The lowest BCUT2D eigenvalue weighted by Gasteiger charge is -2.12. The van der Waals surface area contributed by atoms with Gasteiger partial charge in [0.1, 0.15) is 5.75 Å². The highest BCUT2D eigenvalue weighted by molar-refractivity contribution is 5.37. The molecule has 0 aromatic heterocycles. The summed E-state index contributed by atoms with van der Waals surface area (Å²) in [7, 11) is 0. The number of hydrogen-bond acceptors (Lipinski definition) is 3. The molecule has 2 atom stereocenters. The predicted octanol–water partition coefficient (Wildman–Crippen LogP) is 2.16. The van der Waals surface area contributed by atoms with E-state index in [0.717, 1.165) is 16.9 Å². The topological polar surface area (TPSA) is 55.5 Å². The summed E-state index contributed by atoms with van der Waals surface area (Å²) in [6.45, 7) is 6.26. The smallest absolute Gasteiger partial charge is 0.122 e. The summed E-state index contributed by atoms with van der Waals surface area (Å²) >= 11 is 0. The Kier molecular flexibility index (Phi) is 4.77. The number of aliphatic hydroxyl groups is 1. The predicted molar refractivity (Wildman–Crippen MR) is 65.6 cm³/mol. The van der Waals surface area contributed by atoms with Crippen LogP contribution in [0, 0.1) is 6.92 Å². The molecule has 16 heavy (non-hydrogen) atoms. The van der Waals surface area contributed by atoms with E-state index in [9.17, 15) is 0 Å². The van der Waals surface area contributed by atoms with Gasteiger partial charge in [0.15, 0.2) is 0 Å². The van der Waals surface area contributed by atoms with E-state index in [1.807, 2.05) is 32.0 Å². The van der Waals surface area contributed by atoms with Crippen molar-refractivity contribution in [1.82, 2.24) is 0 Å². The molecule has 1 aromatic rings. The fraction of sp³-hybridized carbons (Fsp3) is 0.538. The number of nitrogens with two attached hydrogens (primary N) is 1. The van der Waals surface area contributed by atoms with Gasteiger partial charge in [0.25, 0.3) is 0 Å². The molecule has 0 spiro atoms. The second-order valence-corrected chi connectivity index (χ2v) is 4.30. The normalized spacial score (nSPS) is 14.6.